The Morgan fingerprint density at radius 1 is 1.12 bits per heavy atom. The van der Waals surface area contributed by atoms with Crippen molar-refractivity contribution in [2.75, 3.05) is 32.7 Å². The van der Waals surface area contributed by atoms with Crippen molar-refractivity contribution in [1.82, 2.24) is 9.97 Å². The third-order valence-corrected chi connectivity index (χ3v) is 6.11. The molecule has 2 aromatic rings. The van der Waals surface area contributed by atoms with E-state index < -0.39 is 11.6 Å². The molecule has 33 heavy (non-hydrogen) atoms. The minimum atomic E-state index is -0.559. The summed E-state index contributed by atoms with van der Waals surface area (Å²) in [6.07, 6.45) is 11.8. The third-order valence-electron chi connectivity index (χ3n) is 6.11. The number of rotatable bonds is 8. The van der Waals surface area contributed by atoms with Crippen molar-refractivity contribution in [3.05, 3.63) is 77.2 Å². The highest BCUT2D eigenvalue weighted by atomic mass is 19.1. The molecule has 8 heteroatoms. The predicted octanol–water partition coefficient (Wildman–Crippen LogP) is 4.43. The molecule has 1 aromatic carbocycles. The molecule has 2 heterocycles. The maximum atomic E-state index is 14.1. The van der Waals surface area contributed by atoms with E-state index in [2.05, 4.69) is 33.2 Å². The first kappa shape index (κ1) is 23.2. The van der Waals surface area contributed by atoms with Crippen LogP contribution in [-0.2, 0) is 9.47 Å². The predicted molar refractivity (Wildman–Crippen MR) is 124 cm³/mol. The van der Waals surface area contributed by atoms with E-state index >= 15 is 0 Å². The number of aromatic nitrogens is 2. The number of likely N-dealkylation sites (N-methyl/N-ethyl adjacent to an activating group) is 1. The van der Waals surface area contributed by atoms with Gasteiger partial charge in [-0.2, -0.15) is 0 Å². The number of allylic oxidation sites excluding steroid dienone is 2. The smallest absolute Gasteiger partial charge is 0.225 e. The van der Waals surface area contributed by atoms with Crippen molar-refractivity contribution in [2.24, 2.45) is 4.99 Å². The highest BCUT2D eigenvalue weighted by molar-refractivity contribution is 6.02. The molecule has 2 aliphatic rings. The summed E-state index contributed by atoms with van der Waals surface area (Å²) in [6.45, 7) is 0.516. The molecule has 0 bridgehead atoms. The van der Waals surface area contributed by atoms with Crippen LogP contribution in [0.2, 0.25) is 0 Å². The molecule has 0 N–H and O–H groups in total. The Hall–Kier alpha value is -2.97. The summed E-state index contributed by atoms with van der Waals surface area (Å²) < 4.78 is 38.7. The van der Waals surface area contributed by atoms with Crippen LogP contribution in [0.3, 0.4) is 0 Å². The lowest BCUT2D eigenvalue weighted by Gasteiger charge is -2.23. The minimum absolute atomic E-state index is 0.00258. The van der Waals surface area contributed by atoms with Crippen LogP contribution in [0.5, 0.6) is 0 Å². The van der Waals surface area contributed by atoms with Gasteiger partial charge < -0.3 is 14.4 Å². The normalized spacial score (nSPS) is 20.2. The molecule has 0 radical (unpaired) electrons. The van der Waals surface area contributed by atoms with Crippen molar-refractivity contribution in [2.45, 2.75) is 37.5 Å². The standard InChI is InChI=1S/C25H28F2N4O2/c1-31(15-23(32-2)33-3)25-28-13-18(14-29-25)16-7-9-17(10-8-16)21-11-12-22(30-21)24-19(26)5-4-6-20(24)27/h4-7,9-10,13-14,16,21,23H,8,11-12,15H2,1-3H3. The van der Waals surface area contributed by atoms with Gasteiger partial charge in [0.05, 0.1) is 18.2 Å². The van der Waals surface area contributed by atoms with E-state index in [1.54, 1.807) is 14.2 Å². The van der Waals surface area contributed by atoms with Crippen LogP contribution in [0, 0.1) is 11.6 Å². The van der Waals surface area contributed by atoms with E-state index in [-0.39, 0.29) is 23.8 Å². The number of aliphatic imine (C=N–C) groups is 1. The van der Waals surface area contributed by atoms with Crippen LogP contribution >= 0.6 is 0 Å². The second-order valence-corrected chi connectivity index (χ2v) is 8.23. The molecule has 6 nitrogen and oxygen atoms in total. The Kier molecular flexibility index (Phi) is 7.25. The molecule has 1 aliphatic heterocycles. The number of anilines is 1. The van der Waals surface area contributed by atoms with Gasteiger partial charge in [-0.3, -0.25) is 4.99 Å². The van der Waals surface area contributed by atoms with E-state index in [1.807, 2.05) is 24.3 Å². The topological polar surface area (TPSA) is 59.8 Å². The summed E-state index contributed by atoms with van der Waals surface area (Å²) >= 11 is 0. The lowest BCUT2D eigenvalue weighted by Crippen LogP contribution is -2.32. The average Bonchev–Trinajstić information content (AvgIpc) is 3.32. The molecule has 1 aromatic heterocycles. The van der Waals surface area contributed by atoms with Gasteiger partial charge in [-0.25, -0.2) is 18.7 Å². The third kappa shape index (κ3) is 5.17. The lowest BCUT2D eigenvalue weighted by molar-refractivity contribution is -0.0945. The number of nitrogens with zero attached hydrogens (tertiary/aromatic N) is 4. The molecule has 0 saturated carbocycles. The summed E-state index contributed by atoms with van der Waals surface area (Å²) in [7, 11) is 5.08. The van der Waals surface area contributed by atoms with Gasteiger partial charge in [0.1, 0.15) is 11.6 Å². The molecule has 4 rings (SSSR count). The summed E-state index contributed by atoms with van der Waals surface area (Å²) in [4.78, 5) is 15.5. The number of halogens is 2. The average molecular weight is 455 g/mol. The van der Waals surface area contributed by atoms with E-state index in [0.717, 1.165) is 24.0 Å². The molecule has 174 valence electrons. The zero-order chi connectivity index (χ0) is 23.4. The van der Waals surface area contributed by atoms with Gasteiger partial charge in [-0.15, -0.1) is 0 Å². The highest BCUT2D eigenvalue weighted by Crippen LogP contribution is 2.32. The van der Waals surface area contributed by atoms with Gasteiger partial charge in [0.15, 0.2) is 6.29 Å². The van der Waals surface area contributed by atoms with Gasteiger partial charge in [0.25, 0.3) is 0 Å². The van der Waals surface area contributed by atoms with Gasteiger partial charge in [0, 0.05) is 45.3 Å². The van der Waals surface area contributed by atoms with Crippen LogP contribution in [0.15, 0.2) is 59.4 Å². The van der Waals surface area contributed by atoms with Crippen molar-refractivity contribution < 1.29 is 18.3 Å². The summed E-state index contributed by atoms with van der Waals surface area (Å²) in [6, 6.07) is 3.85. The molecule has 2 unspecified atom stereocenters. The first-order chi connectivity index (χ1) is 16.0. The number of hydrogen-bond acceptors (Lipinski definition) is 6. The minimum Gasteiger partial charge on any atom is -0.354 e. The first-order valence-corrected chi connectivity index (χ1v) is 11.0. The van der Waals surface area contributed by atoms with Crippen LogP contribution in [0.4, 0.5) is 14.7 Å². The lowest BCUT2D eigenvalue weighted by atomic mass is 9.89. The molecule has 0 spiro atoms. The Morgan fingerprint density at radius 2 is 1.82 bits per heavy atom. The number of ether oxygens (including phenoxy) is 2. The maximum absolute atomic E-state index is 14.1. The molecule has 0 amide bonds. The largest absolute Gasteiger partial charge is 0.354 e. The molecule has 0 fully saturated rings. The Labute approximate surface area is 192 Å². The van der Waals surface area contributed by atoms with Crippen LogP contribution in [-0.4, -0.2) is 55.8 Å². The Bertz CT molecular complexity index is 1040. The molecule has 0 saturated heterocycles. The van der Waals surface area contributed by atoms with E-state index in [0.29, 0.717) is 24.6 Å². The fraction of sp³-hybridized carbons (Fsp3) is 0.400. The molecular formula is C25H28F2N4O2. The van der Waals surface area contributed by atoms with Crippen LogP contribution in [0.25, 0.3) is 0 Å². The quantitative estimate of drug-likeness (QED) is 0.553. The van der Waals surface area contributed by atoms with Gasteiger partial charge >= 0.3 is 0 Å². The Morgan fingerprint density at radius 3 is 2.42 bits per heavy atom. The van der Waals surface area contributed by atoms with Crippen LogP contribution in [0.1, 0.15) is 36.3 Å². The van der Waals surface area contributed by atoms with Crippen LogP contribution < -0.4 is 4.90 Å². The van der Waals surface area contributed by atoms with Crippen molar-refractivity contribution >= 4 is 11.7 Å². The zero-order valence-electron chi connectivity index (χ0n) is 19.0. The summed E-state index contributed by atoms with van der Waals surface area (Å²) in [5, 5.41) is 0. The van der Waals surface area contributed by atoms with Crippen molar-refractivity contribution in [3.63, 3.8) is 0 Å². The number of hydrogen-bond donors (Lipinski definition) is 0. The molecule has 1 aliphatic carbocycles. The van der Waals surface area contributed by atoms with E-state index in [4.69, 9.17) is 9.47 Å². The van der Waals surface area contributed by atoms with Gasteiger partial charge in [-0.05, 0) is 42.5 Å². The summed E-state index contributed by atoms with van der Waals surface area (Å²) in [5.74, 6) is -0.344. The van der Waals surface area contributed by atoms with Gasteiger partial charge in [-0.1, -0.05) is 24.3 Å². The van der Waals surface area contributed by atoms with Gasteiger partial charge in [0.2, 0.25) is 5.95 Å². The fourth-order valence-electron chi connectivity index (χ4n) is 4.20. The van der Waals surface area contributed by atoms with Crippen molar-refractivity contribution in [3.8, 4) is 0 Å². The molecule has 2 atom stereocenters. The SMILES string of the molecule is COC(CN(C)c1ncc(C2C=CC(C3CCC(c4c(F)cccc4F)=N3)=CC2)cn1)OC. The number of methoxy groups -OCH3 is 2. The second kappa shape index (κ2) is 10.3. The summed E-state index contributed by atoms with van der Waals surface area (Å²) in [5.41, 5.74) is 2.62. The zero-order valence-corrected chi connectivity index (χ0v) is 19.0. The fourth-order valence-corrected chi connectivity index (χ4v) is 4.20. The Balaban J connectivity index is 1.39. The van der Waals surface area contributed by atoms with E-state index in [9.17, 15) is 8.78 Å². The highest BCUT2D eigenvalue weighted by Gasteiger charge is 2.26. The second-order valence-electron chi connectivity index (χ2n) is 8.23. The first-order valence-electron chi connectivity index (χ1n) is 11.0. The molecular weight excluding hydrogens is 426 g/mol. The van der Waals surface area contributed by atoms with Crippen molar-refractivity contribution in [1.29, 1.82) is 0 Å². The number of benzene rings is 1. The monoisotopic (exact) mass is 454 g/mol. The van der Waals surface area contributed by atoms with E-state index in [1.165, 1.54) is 18.2 Å². The maximum Gasteiger partial charge on any atom is 0.225 e.